The summed E-state index contributed by atoms with van der Waals surface area (Å²) in [5.74, 6) is -1.51. The van der Waals surface area contributed by atoms with E-state index in [-0.39, 0.29) is 11.8 Å². The van der Waals surface area contributed by atoms with Crippen molar-refractivity contribution in [2.24, 2.45) is 5.92 Å². The van der Waals surface area contributed by atoms with Crippen molar-refractivity contribution < 1.29 is 19.5 Å². The van der Waals surface area contributed by atoms with Crippen LogP contribution in [0.1, 0.15) is 67.7 Å². The van der Waals surface area contributed by atoms with Gasteiger partial charge in [0.2, 0.25) is 0 Å². The van der Waals surface area contributed by atoms with Crippen LogP contribution in [-0.2, 0) is 4.79 Å². The fourth-order valence-electron chi connectivity index (χ4n) is 2.77. The zero-order chi connectivity index (χ0) is 19.7. The van der Waals surface area contributed by atoms with Gasteiger partial charge in [0.25, 0.3) is 11.8 Å². The van der Waals surface area contributed by atoms with Gasteiger partial charge in [0, 0.05) is 24.2 Å². The van der Waals surface area contributed by atoms with E-state index >= 15 is 0 Å². The number of benzene rings is 1. The Morgan fingerprint density at radius 3 is 2.15 bits per heavy atom. The van der Waals surface area contributed by atoms with E-state index in [1.165, 1.54) is 6.07 Å². The topological polar surface area (TPSA) is 86.7 Å². The zero-order valence-electron chi connectivity index (χ0n) is 16.1. The van der Waals surface area contributed by atoms with E-state index in [2.05, 4.69) is 5.32 Å². The molecule has 1 atom stereocenters. The highest BCUT2D eigenvalue weighted by Gasteiger charge is 2.22. The molecule has 0 saturated heterocycles. The van der Waals surface area contributed by atoms with Gasteiger partial charge in [-0.15, -0.1) is 0 Å². The summed E-state index contributed by atoms with van der Waals surface area (Å²) in [6.45, 7) is 9.16. The molecule has 0 aliphatic rings. The van der Waals surface area contributed by atoms with Crippen LogP contribution in [0, 0.1) is 5.92 Å². The maximum atomic E-state index is 12.7. The molecule has 0 aliphatic heterocycles. The monoisotopic (exact) mass is 362 g/mol. The van der Waals surface area contributed by atoms with Crippen molar-refractivity contribution in [2.75, 3.05) is 13.1 Å². The molecule has 144 valence electrons. The molecular formula is C20H30N2O4. The quantitative estimate of drug-likeness (QED) is 0.669. The molecule has 0 heterocycles. The summed E-state index contributed by atoms with van der Waals surface area (Å²) in [7, 11) is 0. The van der Waals surface area contributed by atoms with Crippen LogP contribution in [-0.4, -0.2) is 46.9 Å². The van der Waals surface area contributed by atoms with E-state index in [0.29, 0.717) is 30.6 Å². The minimum Gasteiger partial charge on any atom is -0.480 e. The Bertz CT molecular complexity index is 622. The third-order valence-corrected chi connectivity index (χ3v) is 3.96. The predicted molar refractivity (Wildman–Crippen MR) is 101 cm³/mol. The van der Waals surface area contributed by atoms with E-state index in [4.69, 9.17) is 0 Å². The molecule has 26 heavy (non-hydrogen) atoms. The molecule has 6 nitrogen and oxygen atoms in total. The number of amides is 2. The molecule has 0 saturated carbocycles. The lowest BCUT2D eigenvalue weighted by Crippen LogP contribution is -2.41. The maximum Gasteiger partial charge on any atom is 0.326 e. The molecule has 0 spiro atoms. The Balaban J connectivity index is 2.95. The highest BCUT2D eigenvalue weighted by atomic mass is 16.4. The Labute approximate surface area is 155 Å². The SMILES string of the molecule is CCCN(CCC)C(=O)c1cccc(C(=O)NC(CC(C)C)C(=O)O)c1. The predicted octanol–water partition coefficient (Wildman–Crippen LogP) is 3.18. The summed E-state index contributed by atoms with van der Waals surface area (Å²) >= 11 is 0. The Hall–Kier alpha value is -2.37. The fourth-order valence-corrected chi connectivity index (χ4v) is 2.77. The number of rotatable bonds is 10. The lowest BCUT2D eigenvalue weighted by molar-refractivity contribution is -0.139. The summed E-state index contributed by atoms with van der Waals surface area (Å²) in [5.41, 5.74) is 0.731. The Morgan fingerprint density at radius 2 is 1.65 bits per heavy atom. The number of nitrogens with one attached hydrogen (secondary N) is 1. The van der Waals surface area contributed by atoms with Crippen LogP contribution in [0.4, 0.5) is 0 Å². The molecule has 1 aromatic rings. The highest BCUT2D eigenvalue weighted by molar-refractivity contribution is 6.00. The van der Waals surface area contributed by atoms with Gasteiger partial charge in [-0.3, -0.25) is 9.59 Å². The van der Waals surface area contributed by atoms with Gasteiger partial charge >= 0.3 is 5.97 Å². The number of carboxylic acid groups (broad SMARTS) is 1. The van der Waals surface area contributed by atoms with Gasteiger partial charge in [0.15, 0.2) is 0 Å². The molecule has 2 N–H and O–H groups in total. The lowest BCUT2D eigenvalue weighted by atomic mass is 10.0. The van der Waals surface area contributed by atoms with Crippen LogP contribution in [0.25, 0.3) is 0 Å². The van der Waals surface area contributed by atoms with E-state index < -0.39 is 17.9 Å². The van der Waals surface area contributed by atoms with Crippen molar-refractivity contribution in [1.82, 2.24) is 10.2 Å². The second-order valence-electron chi connectivity index (χ2n) is 6.87. The Morgan fingerprint density at radius 1 is 1.08 bits per heavy atom. The first kappa shape index (κ1) is 21.7. The van der Waals surface area contributed by atoms with Crippen LogP contribution < -0.4 is 5.32 Å². The first-order valence-electron chi connectivity index (χ1n) is 9.23. The molecule has 0 bridgehead atoms. The summed E-state index contributed by atoms with van der Waals surface area (Å²) in [5, 5.41) is 11.8. The van der Waals surface area contributed by atoms with Gasteiger partial charge in [0.05, 0.1) is 0 Å². The van der Waals surface area contributed by atoms with Gasteiger partial charge in [-0.1, -0.05) is 33.8 Å². The first-order valence-corrected chi connectivity index (χ1v) is 9.23. The van der Waals surface area contributed by atoms with Crippen molar-refractivity contribution in [3.63, 3.8) is 0 Å². The third kappa shape index (κ3) is 6.50. The van der Waals surface area contributed by atoms with Crippen molar-refractivity contribution >= 4 is 17.8 Å². The smallest absolute Gasteiger partial charge is 0.326 e. The number of aliphatic carboxylic acids is 1. The van der Waals surface area contributed by atoms with E-state index in [9.17, 15) is 19.5 Å². The Kier molecular flexibility index (Phi) is 8.82. The first-order chi connectivity index (χ1) is 12.3. The summed E-state index contributed by atoms with van der Waals surface area (Å²) in [6.07, 6.45) is 2.07. The molecule has 1 aromatic carbocycles. The van der Waals surface area contributed by atoms with E-state index in [1.54, 1.807) is 23.1 Å². The second-order valence-corrected chi connectivity index (χ2v) is 6.87. The lowest BCUT2D eigenvalue weighted by Gasteiger charge is -2.22. The van der Waals surface area contributed by atoms with E-state index in [1.807, 2.05) is 27.7 Å². The molecule has 0 aromatic heterocycles. The van der Waals surface area contributed by atoms with Crippen LogP contribution in [0.5, 0.6) is 0 Å². The van der Waals surface area contributed by atoms with Crippen LogP contribution in [0.2, 0.25) is 0 Å². The number of hydrogen-bond acceptors (Lipinski definition) is 3. The van der Waals surface area contributed by atoms with Crippen LogP contribution >= 0.6 is 0 Å². The molecule has 1 unspecified atom stereocenters. The largest absolute Gasteiger partial charge is 0.480 e. The molecule has 6 heteroatoms. The maximum absolute atomic E-state index is 12.7. The fraction of sp³-hybridized carbons (Fsp3) is 0.550. The van der Waals surface area contributed by atoms with Crippen molar-refractivity contribution in [2.45, 2.75) is 53.0 Å². The minimum absolute atomic E-state index is 0.111. The van der Waals surface area contributed by atoms with Gasteiger partial charge in [-0.2, -0.15) is 0 Å². The van der Waals surface area contributed by atoms with Crippen LogP contribution in [0.3, 0.4) is 0 Å². The standard InChI is InChI=1S/C20H30N2O4/c1-5-10-22(11-6-2)19(24)16-9-7-8-15(13-16)18(23)21-17(20(25)26)12-14(3)4/h7-9,13-14,17H,5-6,10-12H2,1-4H3,(H,21,23)(H,25,26). The molecule has 0 fully saturated rings. The average molecular weight is 362 g/mol. The second kappa shape index (κ2) is 10.6. The van der Waals surface area contributed by atoms with Crippen molar-refractivity contribution in [1.29, 1.82) is 0 Å². The van der Waals surface area contributed by atoms with Gasteiger partial charge in [-0.05, 0) is 43.4 Å². The summed E-state index contributed by atoms with van der Waals surface area (Å²) in [4.78, 5) is 38.2. The minimum atomic E-state index is -1.06. The third-order valence-electron chi connectivity index (χ3n) is 3.96. The van der Waals surface area contributed by atoms with Crippen molar-refractivity contribution in [3.8, 4) is 0 Å². The number of carbonyl (C=O) groups excluding carboxylic acids is 2. The normalized spacial score (nSPS) is 11.9. The summed E-state index contributed by atoms with van der Waals surface area (Å²) in [6, 6.07) is 5.50. The van der Waals surface area contributed by atoms with E-state index in [0.717, 1.165) is 12.8 Å². The average Bonchev–Trinajstić information content (AvgIpc) is 2.60. The molecule has 0 aliphatic carbocycles. The molecule has 1 rings (SSSR count). The molecule has 2 amide bonds. The number of carboxylic acids is 1. The molecular weight excluding hydrogens is 332 g/mol. The zero-order valence-corrected chi connectivity index (χ0v) is 16.1. The number of carbonyl (C=O) groups is 3. The van der Waals surface area contributed by atoms with Crippen molar-refractivity contribution in [3.05, 3.63) is 35.4 Å². The van der Waals surface area contributed by atoms with Gasteiger partial charge in [-0.25, -0.2) is 4.79 Å². The number of hydrogen-bond donors (Lipinski definition) is 2. The summed E-state index contributed by atoms with van der Waals surface area (Å²) < 4.78 is 0. The van der Waals surface area contributed by atoms with Gasteiger partial charge < -0.3 is 15.3 Å². The molecule has 0 radical (unpaired) electrons. The highest BCUT2D eigenvalue weighted by Crippen LogP contribution is 2.11. The van der Waals surface area contributed by atoms with Crippen LogP contribution in [0.15, 0.2) is 24.3 Å². The van der Waals surface area contributed by atoms with Gasteiger partial charge in [0.1, 0.15) is 6.04 Å². The number of nitrogens with zero attached hydrogens (tertiary/aromatic N) is 1.